The predicted molar refractivity (Wildman–Crippen MR) is 102 cm³/mol. The molecule has 0 unspecified atom stereocenters. The molecule has 0 radical (unpaired) electrons. The number of halogens is 1. The molecule has 0 aliphatic carbocycles. The number of ether oxygens (including phenoxy) is 2. The Morgan fingerprint density at radius 2 is 1.71 bits per heavy atom. The van der Waals surface area contributed by atoms with Crippen LogP contribution >= 0.6 is 0 Å². The summed E-state index contributed by atoms with van der Waals surface area (Å²) in [4.78, 5) is 12.5. The van der Waals surface area contributed by atoms with Crippen LogP contribution in [0.2, 0.25) is 0 Å². The highest BCUT2D eigenvalue weighted by molar-refractivity contribution is 7.89. The molecule has 1 aliphatic rings. The zero-order chi connectivity index (χ0) is 20.5. The number of sulfonamides is 1. The maximum absolute atomic E-state index is 14.3. The monoisotopic (exact) mass is 407 g/mol. The number of rotatable bonds is 4. The summed E-state index contributed by atoms with van der Waals surface area (Å²) in [6.07, 6.45) is 0. The van der Waals surface area contributed by atoms with Gasteiger partial charge in [0.1, 0.15) is 11.6 Å². The molecule has 8 heteroatoms. The van der Waals surface area contributed by atoms with E-state index in [-0.39, 0.29) is 18.0 Å². The smallest absolute Gasteiger partial charge is 0.346 e. The molecule has 6 nitrogen and oxygen atoms in total. The lowest BCUT2D eigenvalue weighted by Gasteiger charge is -2.26. The second kappa shape index (κ2) is 7.98. The van der Waals surface area contributed by atoms with E-state index in [0.29, 0.717) is 19.0 Å². The van der Waals surface area contributed by atoms with Gasteiger partial charge in [-0.2, -0.15) is 4.31 Å². The van der Waals surface area contributed by atoms with Gasteiger partial charge in [-0.1, -0.05) is 12.1 Å². The molecule has 0 aromatic heterocycles. The molecule has 0 N–H and O–H groups in total. The first kappa shape index (κ1) is 20.4. The Labute approximate surface area is 163 Å². The minimum atomic E-state index is -3.85. The van der Waals surface area contributed by atoms with Crippen LogP contribution in [0.25, 0.3) is 0 Å². The quantitative estimate of drug-likeness (QED) is 0.576. The van der Waals surface area contributed by atoms with Gasteiger partial charge in [-0.25, -0.2) is 17.6 Å². The van der Waals surface area contributed by atoms with E-state index in [9.17, 15) is 17.6 Å². The van der Waals surface area contributed by atoms with Crippen molar-refractivity contribution in [3.05, 3.63) is 58.4 Å². The van der Waals surface area contributed by atoms with E-state index in [2.05, 4.69) is 0 Å². The summed E-state index contributed by atoms with van der Waals surface area (Å²) in [5, 5.41) is 0. The SMILES string of the molecule is Cc1ccc(C)c(OC(=O)c2cc(S(=O)(=O)N3CCOCC3)ccc2F)c1C. The van der Waals surface area contributed by atoms with Gasteiger partial charge < -0.3 is 9.47 Å². The third kappa shape index (κ3) is 3.94. The van der Waals surface area contributed by atoms with Crippen LogP contribution in [0.3, 0.4) is 0 Å². The second-order valence-electron chi connectivity index (χ2n) is 6.70. The normalized spacial score (nSPS) is 15.4. The molecule has 1 saturated heterocycles. The van der Waals surface area contributed by atoms with Gasteiger partial charge >= 0.3 is 5.97 Å². The molecule has 3 rings (SSSR count). The predicted octanol–water partition coefficient (Wildman–Crippen LogP) is 2.99. The third-order valence-corrected chi connectivity index (χ3v) is 6.73. The molecule has 2 aromatic rings. The highest BCUT2D eigenvalue weighted by Gasteiger charge is 2.28. The van der Waals surface area contributed by atoms with Crippen molar-refractivity contribution in [2.75, 3.05) is 26.3 Å². The van der Waals surface area contributed by atoms with E-state index in [1.54, 1.807) is 19.9 Å². The molecule has 150 valence electrons. The fourth-order valence-corrected chi connectivity index (χ4v) is 4.42. The number of aryl methyl sites for hydroxylation is 2. The van der Waals surface area contributed by atoms with Gasteiger partial charge in [-0.3, -0.25) is 0 Å². The molecule has 2 aromatic carbocycles. The first-order valence-electron chi connectivity index (χ1n) is 8.88. The number of benzene rings is 2. The zero-order valence-electron chi connectivity index (χ0n) is 16.0. The Hall–Kier alpha value is -2.29. The van der Waals surface area contributed by atoms with E-state index >= 15 is 0 Å². The van der Waals surface area contributed by atoms with Crippen LogP contribution in [0.1, 0.15) is 27.0 Å². The summed E-state index contributed by atoms with van der Waals surface area (Å²) in [5.74, 6) is -1.42. The van der Waals surface area contributed by atoms with Crippen LogP contribution in [0.5, 0.6) is 5.75 Å². The van der Waals surface area contributed by atoms with E-state index in [1.165, 1.54) is 4.31 Å². The van der Waals surface area contributed by atoms with Gasteiger partial charge in [0, 0.05) is 13.1 Å². The van der Waals surface area contributed by atoms with E-state index in [0.717, 1.165) is 34.9 Å². The van der Waals surface area contributed by atoms with Crippen LogP contribution in [0.4, 0.5) is 4.39 Å². The van der Waals surface area contributed by atoms with Gasteiger partial charge in [0.05, 0.1) is 23.7 Å². The fraction of sp³-hybridized carbons (Fsp3) is 0.350. The van der Waals surface area contributed by atoms with Gasteiger partial charge in [0.2, 0.25) is 10.0 Å². The Morgan fingerprint density at radius 3 is 2.39 bits per heavy atom. The van der Waals surface area contributed by atoms with Gasteiger partial charge in [-0.15, -0.1) is 0 Å². The van der Waals surface area contributed by atoms with Gasteiger partial charge in [-0.05, 0) is 55.7 Å². The average molecular weight is 407 g/mol. The van der Waals surface area contributed by atoms with E-state index in [4.69, 9.17) is 9.47 Å². The van der Waals surface area contributed by atoms with Gasteiger partial charge in [0.25, 0.3) is 0 Å². The van der Waals surface area contributed by atoms with E-state index in [1.807, 2.05) is 13.0 Å². The molecular weight excluding hydrogens is 385 g/mol. The summed E-state index contributed by atoms with van der Waals surface area (Å²) < 4.78 is 51.7. The largest absolute Gasteiger partial charge is 0.422 e. The second-order valence-corrected chi connectivity index (χ2v) is 8.64. The summed E-state index contributed by atoms with van der Waals surface area (Å²) in [6, 6.07) is 6.86. The molecule has 1 heterocycles. The lowest BCUT2D eigenvalue weighted by atomic mass is 10.1. The van der Waals surface area contributed by atoms with Crippen molar-refractivity contribution in [1.29, 1.82) is 0 Å². The molecule has 0 atom stereocenters. The lowest BCUT2D eigenvalue weighted by Crippen LogP contribution is -2.40. The number of morpholine rings is 1. The van der Waals surface area contributed by atoms with Crippen molar-refractivity contribution < 1.29 is 27.1 Å². The Bertz CT molecular complexity index is 1010. The Balaban J connectivity index is 1.94. The standard InChI is InChI=1S/C20H22FNO5S/c1-13-4-5-14(2)19(15(13)3)27-20(23)17-12-16(6-7-18(17)21)28(24,25)22-8-10-26-11-9-22/h4-7,12H,8-11H2,1-3H3. The van der Waals surface area contributed by atoms with Crippen LogP contribution in [-0.2, 0) is 14.8 Å². The van der Waals surface area contributed by atoms with Crippen LogP contribution < -0.4 is 4.74 Å². The first-order valence-corrected chi connectivity index (χ1v) is 10.3. The highest BCUT2D eigenvalue weighted by Crippen LogP contribution is 2.28. The van der Waals surface area contributed by atoms with Gasteiger partial charge in [0.15, 0.2) is 0 Å². The minimum Gasteiger partial charge on any atom is -0.422 e. The van der Waals surface area contributed by atoms with Crippen LogP contribution in [-0.4, -0.2) is 45.0 Å². The van der Waals surface area contributed by atoms with Crippen molar-refractivity contribution in [3.8, 4) is 5.75 Å². The molecule has 28 heavy (non-hydrogen) atoms. The van der Waals surface area contributed by atoms with Crippen molar-refractivity contribution >= 4 is 16.0 Å². The molecule has 0 spiro atoms. The highest BCUT2D eigenvalue weighted by atomic mass is 32.2. The lowest BCUT2D eigenvalue weighted by molar-refractivity contribution is 0.0723. The fourth-order valence-electron chi connectivity index (χ4n) is 2.99. The average Bonchev–Trinajstić information content (AvgIpc) is 2.69. The van der Waals surface area contributed by atoms with E-state index < -0.39 is 27.4 Å². The molecule has 0 saturated carbocycles. The topological polar surface area (TPSA) is 72.9 Å². The number of carbonyl (C=O) groups is 1. The van der Waals surface area contributed by atoms with Crippen molar-refractivity contribution in [1.82, 2.24) is 4.31 Å². The summed E-state index contributed by atoms with van der Waals surface area (Å²) >= 11 is 0. The molecule has 0 amide bonds. The maximum atomic E-state index is 14.3. The molecule has 1 fully saturated rings. The number of nitrogens with zero attached hydrogens (tertiary/aromatic N) is 1. The zero-order valence-corrected chi connectivity index (χ0v) is 16.8. The molecule has 0 bridgehead atoms. The third-order valence-electron chi connectivity index (χ3n) is 4.83. The van der Waals surface area contributed by atoms with Crippen molar-refractivity contribution in [3.63, 3.8) is 0 Å². The minimum absolute atomic E-state index is 0.152. The Morgan fingerprint density at radius 1 is 1.07 bits per heavy atom. The number of esters is 1. The number of hydrogen-bond donors (Lipinski definition) is 0. The Kier molecular flexibility index (Phi) is 5.83. The molecule has 1 aliphatic heterocycles. The summed E-state index contributed by atoms with van der Waals surface area (Å²) in [7, 11) is -3.85. The maximum Gasteiger partial charge on any atom is 0.346 e. The number of hydrogen-bond acceptors (Lipinski definition) is 5. The first-order chi connectivity index (χ1) is 13.2. The van der Waals surface area contributed by atoms with Crippen LogP contribution in [0.15, 0.2) is 35.2 Å². The molecular formula is C20H22FNO5S. The summed E-state index contributed by atoms with van der Waals surface area (Å²) in [6.45, 7) is 6.47. The van der Waals surface area contributed by atoms with Crippen LogP contribution in [0, 0.1) is 26.6 Å². The summed E-state index contributed by atoms with van der Waals surface area (Å²) in [5.41, 5.74) is 2.01. The van der Waals surface area contributed by atoms with Crippen molar-refractivity contribution in [2.24, 2.45) is 0 Å². The van der Waals surface area contributed by atoms with Crippen molar-refractivity contribution in [2.45, 2.75) is 25.7 Å². The number of carbonyl (C=O) groups excluding carboxylic acids is 1.